The number of rotatable bonds is 11. The predicted molar refractivity (Wildman–Crippen MR) is 131 cm³/mol. The van der Waals surface area contributed by atoms with Crippen LogP contribution in [0.1, 0.15) is 18.9 Å². The van der Waals surface area contributed by atoms with Gasteiger partial charge >= 0.3 is 0 Å². The van der Waals surface area contributed by atoms with Gasteiger partial charge in [-0.2, -0.15) is 0 Å². The van der Waals surface area contributed by atoms with Crippen molar-refractivity contribution in [3.8, 4) is 11.5 Å². The lowest BCUT2D eigenvalue weighted by molar-refractivity contribution is -0.121. The highest BCUT2D eigenvalue weighted by Crippen LogP contribution is 2.16. The van der Waals surface area contributed by atoms with Gasteiger partial charge in [0, 0.05) is 19.5 Å². The Kier molecular flexibility index (Phi) is 13.1. The molecule has 30 heavy (non-hydrogen) atoms. The van der Waals surface area contributed by atoms with Gasteiger partial charge in [0.15, 0.2) is 5.96 Å². The quantitative estimate of drug-likeness (QED) is 0.182. The summed E-state index contributed by atoms with van der Waals surface area (Å²) in [5.74, 6) is 2.23. The van der Waals surface area contributed by atoms with Crippen molar-refractivity contribution in [1.29, 1.82) is 0 Å². The number of guanidine groups is 1. The Hall–Kier alpha value is -2.49. The van der Waals surface area contributed by atoms with E-state index in [0.29, 0.717) is 38.6 Å². The Labute approximate surface area is 195 Å². The number of halogens is 1. The van der Waals surface area contributed by atoms with Crippen molar-refractivity contribution in [3.05, 3.63) is 60.2 Å². The fraction of sp³-hybridized carbons (Fsp3) is 0.364. The van der Waals surface area contributed by atoms with E-state index in [9.17, 15) is 4.79 Å². The number of aliphatic imine (C=N–C) groups is 1. The van der Waals surface area contributed by atoms with E-state index in [-0.39, 0.29) is 29.9 Å². The minimum absolute atomic E-state index is 0. The van der Waals surface area contributed by atoms with E-state index in [0.717, 1.165) is 23.6 Å². The summed E-state index contributed by atoms with van der Waals surface area (Å²) in [5, 5.41) is 9.27. The number of carbonyl (C=O) groups excluding carboxylic acids is 1. The summed E-state index contributed by atoms with van der Waals surface area (Å²) in [7, 11) is 1.63. The van der Waals surface area contributed by atoms with Gasteiger partial charge in [-0.15, -0.1) is 24.0 Å². The van der Waals surface area contributed by atoms with Crippen molar-refractivity contribution in [2.24, 2.45) is 4.99 Å². The number of hydrogen-bond donors (Lipinski definition) is 3. The first-order valence-electron chi connectivity index (χ1n) is 9.81. The monoisotopic (exact) mass is 526 g/mol. The van der Waals surface area contributed by atoms with Gasteiger partial charge in [0.1, 0.15) is 18.1 Å². The molecule has 2 rings (SSSR count). The summed E-state index contributed by atoms with van der Waals surface area (Å²) >= 11 is 0. The van der Waals surface area contributed by atoms with Crippen LogP contribution in [0.5, 0.6) is 11.5 Å². The zero-order valence-corrected chi connectivity index (χ0v) is 19.8. The normalized spacial score (nSPS) is 10.5. The minimum atomic E-state index is -0.0173. The average molecular weight is 526 g/mol. The van der Waals surface area contributed by atoms with Crippen LogP contribution in [-0.2, 0) is 11.3 Å². The molecule has 7 nitrogen and oxygen atoms in total. The lowest BCUT2D eigenvalue weighted by atomic mass is 10.2. The first kappa shape index (κ1) is 25.5. The van der Waals surface area contributed by atoms with E-state index < -0.39 is 0 Å². The Morgan fingerprint density at radius 2 is 1.67 bits per heavy atom. The molecule has 8 heteroatoms. The molecule has 0 fully saturated rings. The summed E-state index contributed by atoms with van der Waals surface area (Å²) in [5.41, 5.74) is 1.08. The van der Waals surface area contributed by atoms with E-state index in [2.05, 4.69) is 20.9 Å². The van der Waals surface area contributed by atoms with Gasteiger partial charge in [0.25, 0.3) is 0 Å². The van der Waals surface area contributed by atoms with Gasteiger partial charge in [-0.05, 0) is 36.8 Å². The van der Waals surface area contributed by atoms with Crippen LogP contribution in [0.2, 0.25) is 0 Å². The number of ether oxygens (including phenoxy) is 2. The van der Waals surface area contributed by atoms with Crippen LogP contribution in [0, 0.1) is 0 Å². The zero-order valence-electron chi connectivity index (χ0n) is 17.5. The molecule has 0 unspecified atom stereocenters. The number of benzene rings is 2. The third-order valence-electron chi connectivity index (χ3n) is 4.01. The molecule has 164 valence electrons. The summed E-state index contributed by atoms with van der Waals surface area (Å²) in [6.07, 6.45) is 0.339. The van der Waals surface area contributed by atoms with Crippen LogP contribution in [0.15, 0.2) is 59.6 Å². The largest absolute Gasteiger partial charge is 0.497 e. The Morgan fingerprint density at radius 3 is 2.33 bits per heavy atom. The van der Waals surface area contributed by atoms with E-state index in [1.54, 1.807) is 7.11 Å². The second kappa shape index (κ2) is 15.4. The van der Waals surface area contributed by atoms with Crippen molar-refractivity contribution < 1.29 is 14.3 Å². The van der Waals surface area contributed by atoms with E-state index in [1.165, 1.54) is 0 Å². The molecule has 0 atom stereocenters. The number of nitrogens with one attached hydrogen (secondary N) is 3. The van der Waals surface area contributed by atoms with Crippen molar-refractivity contribution in [1.82, 2.24) is 16.0 Å². The minimum Gasteiger partial charge on any atom is -0.497 e. The first-order valence-corrected chi connectivity index (χ1v) is 9.81. The van der Waals surface area contributed by atoms with Gasteiger partial charge in [0.2, 0.25) is 5.91 Å². The second-order valence-electron chi connectivity index (χ2n) is 6.22. The van der Waals surface area contributed by atoms with Gasteiger partial charge < -0.3 is 25.4 Å². The number of hydrogen-bond acceptors (Lipinski definition) is 4. The molecule has 2 aromatic carbocycles. The fourth-order valence-corrected chi connectivity index (χ4v) is 2.51. The molecule has 0 spiro atoms. The molecule has 0 heterocycles. The maximum absolute atomic E-state index is 12.0. The van der Waals surface area contributed by atoms with Crippen LogP contribution in [0.4, 0.5) is 0 Å². The van der Waals surface area contributed by atoms with Crippen LogP contribution in [-0.4, -0.2) is 45.2 Å². The Morgan fingerprint density at radius 1 is 0.967 bits per heavy atom. The molecule has 0 radical (unpaired) electrons. The van der Waals surface area contributed by atoms with Crippen LogP contribution < -0.4 is 25.4 Å². The fourth-order valence-electron chi connectivity index (χ4n) is 2.51. The molecule has 0 bridgehead atoms. The maximum Gasteiger partial charge on any atom is 0.222 e. The SMILES string of the molecule is CCNC(=NCCC(=O)NCc1ccccc1)NCCOc1ccc(OC)cc1.I. The standard InChI is InChI=1S/C22H30N4O3.HI/c1-3-23-22(25-15-16-29-20-11-9-19(28-2)10-12-20)24-14-13-21(27)26-17-18-7-5-4-6-8-18;/h4-12H,3,13-17H2,1-2H3,(H,26,27)(H2,23,24,25);1H. The lowest BCUT2D eigenvalue weighted by Crippen LogP contribution is -2.39. The highest BCUT2D eigenvalue weighted by atomic mass is 127. The number of methoxy groups -OCH3 is 1. The molecule has 3 N–H and O–H groups in total. The van der Waals surface area contributed by atoms with E-state index in [4.69, 9.17) is 9.47 Å². The molecule has 0 aromatic heterocycles. The number of nitrogens with zero attached hydrogens (tertiary/aromatic N) is 1. The Bertz CT molecular complexity index is 755. The van der Waals surface area contributed by atoms with Gasteiger partial charge in [-0.1, -0.05) is 30.3 Å². The Balaban J connectivity index is 0.00000450. The molecular formula is C22H31IN4O3. The third-order valence-corrected chi connectivity index (χ3v) is 4.01. The molecule has 0 saturated heterocycles. The topological polar surface area (TPSA) is 84.0 Å². The summed E-state index contributed by atoms with van der Waals surface area (Å²) in [6.45, 7) is 4.77. The summed E-state index contributed by atoms with van der Waals surface area (Å²) in [6, 6.07) is 17.3. The molecule has 0 saturated carbocycles. The maximum atomic E-state index is 12.0. The third kappa shape index (κ3) is 10.3. The number of amides is 1. The smallest absolute Gasteiger partial charge is 0.222 e. The summed E-state index contributed by atoms with van der Waals surface area (Å²) in [4.78, 5) is 16.4. The van der Waals surface area contributed by atoms with Gasteiger partial charge in [-0.3, -0.25) is 9.79 Å². The average Bonchev–Trinajstić information content (AvgIpc) is 2.76. The van der Waals surface area contributed by atoms with Crippen molar-refractivity contribution in [2.75, 3.05) is 33.4 Å². The number of carbonyl (C=O) groups is 1. The van der Waals surface area contributed by atoms with E-state index >= 15 is 0 Å². The van der Waals surface area contributed by atoms with Crippen LogP contribution in [0.3, 0.4) is 0 Å². The highest BCUT2D eigenvalue weighted by Gasteiger charge is 2.02. The highest BCUT2D eigenvalue weighted by molar-refractivity contribution is 14.0. The molecule has 0 aliphatic rings. The van der Waals surface area contributed by atoms with Crippen molar-refractivity contribution in [3.63, 3.8) is 0 Å². The van der Waals surface area contributed by atoms with Gasteiger partial charge in [-0.25, -0.2) is 0 Å². The lowest BCUT2D eigenvalue weighted by Gasteiger charge is -2.12. The van der Waals surface area contributed by atoms with E-state index in [1.807, 2.05) is 61.5 Å². The molecular weight excluding hydrogens is 495 g/mol. The molecule has 1 amide bonds. The predicted octanol–water partition coefficient (Wildman–Crippen LogP) is 2.95. The molecule has 2 aromatic rings. The second-order valence-corrected chi connectivity index (χ2v) is 6.22. The van der Waals surface area contributed by atoms with Crippen LogP contribution >= 0.6 is 24.0 Å². The van der Waals surface area contributed by atoms with Gasteiger partial charge in [0.05, 0.1) is 20.2 Å². The first-order chi connectivity index (χ1) is 14.2. The summed E-state index contributed by atoms with van der Waals surface area (Å²) < 4.78 is 10.8. The molecule has 0 aliphatic carbocycles. The zero-order chi connectivity index (χ0) is 20.7. The van der Waals surface area contributed by atoms with Crippen molar-refractivity contribution in [2.45, 2.75) is 19.9 Å². The molecule has 0 aliphatic heterocycles. The van der Waals surface area contributed by atoms with Crippen LogP contribution in [0.25, 0.3) is 0 Å². The van der Waals surface area contributed by atoms with Crippen molar-refractivity contribution >= 4 is 35.8 Å².